The SMILES string of the molecule is CCC(C)c1ccccc1[Si](O)(O)c1ccccc1C(C)CC. The third-order valence-electron chi connectivity index (χ3n) is 4.96. The van der Waals surface area contributed by atoms with Crippen molar-refractivity contribution in [3.8, 4) is 0 Å². The Morgan fingerprint density at radius 1 is 0.739 bits per heavy atom. The highest BCUT2D eigenvalue weighted by atomic mass is 28.4. The largest absolute Gasteiger partial charge is 0.404 e. The molecule has 3 heteroatoms. The van der Waals surface area contributed by atoms with Gasteiger partial charge in [-0.15, -0.1) is 0 Å². The average molecular weight is 329 g/mol. The molecule has 0 fully saturated rings. The van der Waals surface area contributed by atoms with Crippen LogP contribution in [-0.2, 0) is 0 Å². The zero-order valence-electron chi connectivity index (χ0n) is 14.6. The normalized spacial score (nSPS) is 14.5. The van der Waals surface area contributed by atoms with Crippen LogP contribution in [-0.4, -0.2) is 18.2 Å². The van der Waals surface area contributed by atoms with Crippen molar-refractivity contribution in [1.29, 1.82) is 0 Å². The molecule has 124 valence electrons. The van der Waals surface area contributed by atoms with E-state index in [9.17, 15) is 9.59 Å². The summed E-state index contributed by atoms with van der Waals surface area (Å²) in [6.45, 7) is 8.55. The van der Waals surface area contributed by atoms with Crippen LogP contribution in [0.1, 0.15) is 63.5 Å². The lowest BCUT2D eigenvalue weighted by molar-refractivity contribution is 0.399. The summed E-state index contributed by atoms with van der Waals surface area (Å²) < 4.78 is 0. The van der Waals surface area contributed by atoms with Crippen molar-refractivity contribution in [2.45, 2.75) is 52.4 Å². The van der Waals surface area contributed by atoms with Crippen molar-refractivity contribution >= 4 is 18.9 Å². The van der Waals surface area contributed by atoms with Gasteiger partial charge in [0.05, 0.1) is 0 Å². The molecular formula is C20H28O2Si. The molecule has 2 nitrogen and oxygen atoms in total. The summed E-state index contributed by atoms with van der Waals surface area (Å²) >= 11 is 0. The molecule has 0 spiro atoms. The Bertz CT molecular complexity index is 596. The summed E-state index contributed by atoms with van der Waals surface area (Å²) in [6.07, 6.45) is 1.96. The van der Waals surface area contributed by atoms with Gasteiger partial charge in [-0.25, -0.2) is 0 Å². The summed E-state index contributed by atoms with van der Waals surface area (Å²) in [5.41, 5.74) is 2.12. The summed E-state index contributed by atoms with van der Waals surface area (Å²) in [7, 11) is -3.70. The molecule has 2 atom stereocenters. The van der Waals surface area contributed by atoms with E-state index in [1.807, 2.05) is 48.5 Å². The third kappa shape index (κ3) is 3.57. The van der Waals surface area contributed by atoms with Gasteiger partial charge < -0.3 is 9.59 Å². The van der Waals surface area contributed by atoms with Crippen LogP contribution in [0.5, 0.6) is 0 Å². The minimum atomic E-state index is -3.70. The Kier molecular flexibility index (Phi) is 5.79. The second-order valence-corrected chi connectivity index (χ2v) is 8.89. The van der Waals surface area contributed by atoms with E-state index in [2.05, 4.69) is 27.7 Å². The van der Waals surface area contributed by atoms with Crippen molar-refractivity contribution < 1.29 is 9.59 Å². The molecule has 2 rings (SSSR count). The van der Waals surface area contributed by atoms with Crippen LogP contribution in [0, 0.1) is 0 Å². The molecule has 23 heavy (non-hydrogen) atoms. The average Bonchev–Trinajstić information content (AvgIpc) is 2.60. The maximum absolute atomic E-state index is 11.2. The Morgan fingerprint density at radius 2 is 1.09 bits per heavy atom. The molecule has 0 amide bonds. The van der Waals surface area contributed by atoms with Gasteiger partial charge >= 0.3 is 8.56 Å². The highest BCUT2D eigenvalue weighted by Crippen LogP contribution is 2.21. The van der Waals surface area contributed by atoms with Crippen LogP contribution in [0.2, 0.25) is 0 Å². The van der Waals surface area contributed by atoms with Crippen LogP contribution >= 0.6 is 0 Å². The van der Waals surface area contributed by atoms with E-state index in [1.165, 1.54) is 0 Å². The van der Waals surface area contributed by atoms with Gasteiger partial charge in [0, 0.05) is 10.4 Å². The Morgan fingerprint density at radius 3 is 1.43 bits per heavy atom. The van der Waals surface area contributed by atoms with Gasteiger partial charge in [-0.3, -0.25) is 0 Å². The van der Waals surface area contributed by atoms with Gasteiger partial charge in [-0.1, -0.05) is 76.2 Å². The van der Waals surface area contributed by atoms with E-state index in [0.717, 1.165) is 34.3 Å². The first-order valence-electron chi connectivity index (χ1n) is 8.56. The van der Waals surface area contributed by atoms with Crippen LogP contribution in [0.3, 0.4) is 0 Å². The molecule has 0 saturated carbocycles. The molecular weight excluding hydrogens is 300 g/mol. The number of hydrogen-bond acceptors (Lipinski definition) is 2. The number of hydrogen-bond donors (Lipinski definition) is 2. The molecule has 2 aromatic rings. The molecule has 2 N–H and O–H groups in total. The van der Waals surface area contributed by atoms with E-state index in [0.29, 0.717) is 11.8 Å². The molecule has 0 radical (unpaired) electrons. The maximum atomic E-state index is 11.2. The lowest BCUT2D eigenvalue weighted by Crippen LogP contribution is -2.61. The van der Waals surface area contributed by atoms with Gasteiger partial charge in [0.2, 0.25) is 0 Å². The number of rotatable bonds is 6. The van der Waals surface area contributed by atoms with Crippen molar-refractivity contribution in [3.05, 3.63) is 59.7 Å². The molecule has 0 aliphatic carbocycles. The second kappa shape index (κ2) is 7.43. The van der Waals surface area contributed by atoms with E-state index in [4.69, 9.17) is 0 Å². The summed E-state index contributed by atoms with van der Waals surface area (Å²) in [4.78, 5) is 22.4. The highest BCUT2D eigenvalue weighted by molar-refractivity contribution is 6.91. The fourth-order valence-electron chi connectivity index (χ4n) is 3.07. The smallest absolute Gasteiger partial charge is 0.402 e. The maximum Gasteiger partial charge on any atom is 0.402 e. The quantitative estimate of drug-likeness (QED) is 0.799. The molecule has 0 bridgehead atoms. The molecule has 2 aromatic carbocycles. The van der Waals surface area contributed by atoms with Crippen molar-refractivity contribution in [3.63, 3.8) is 0 Å². The summed E-state index contributed by atoms with van der Waals surface area (Å²) in [5.74, 6) is 0.626. The van der Waals surface area contributed by atoms with Gasteiger partial charge in [0.15, 0.2) is 0 Å². The first-order chi connectivity index (χ1) is 10.9. The van der Waals surface area contributed by atoms with Crippen molar-refractivity contribution in [1.82, 2.24) is 0 Å². The van der Waals surface area contributed by atoms with Crippen LogP contribution in [0.25, 0.3) is 0 Å². The molecule has 2 unspecified atom stereocenters. The van der Waals surface area contributed by atoms with Gasteiger partial charge in [0.1, 0.15) is 0 Å². The first-order valence-corrected chi connectivity index (χ1v) is 10.5. The van der Waals surface area contributed by atoms with Gasteiger partial charge in [-0.2, -0.15) is 0 Å². The van der Waals surface area contributed by atoms with E-state index < -0.39 is 8.56 Å². The first kappa shape index (κ1) is 17.9. The molecule has 0 aromatic heterocycles. The third-order valence-corrected chi connectivity index (χ3v) is 7.37. The fourth-order valence-corrected chi connectivity index (χ4v) is 5.49. The minimum absolute atomic E-state index is 0.313. The van der Waals surface area contributed by atoms with Crippen LogP contribution < -0.4 is 10.4 Å². The fraction of sp³-hybridized carbons (Fsp3) is 0.400. The van der Waals surface area contributed by atoms with Crippen molar-refractivity contribution in [2.24, 2.45) is 0 Å². The monoisotopic (exact) mass is 328 g/mol. The Labute approximate surface area is 141 Å². The van der Waals surface area contributed by atoms with E-state index >= 15 is 0 Å². The summed E-state index contributed by atoms with van der Waals surface area (Å²) in [5, 5.41) is 1.45. The zero-order valence-corrected chi connectivity index (χ0v) is 15.6. The predicted molar refractivity (Wildman–Crippen MR) is 99.8 cm³/mol. The van der Waals surface area contributed by atoms with Crippen LogP contribution in [0.4, 0.5) is 0 Å². The zero-order chi connectivity index (χ0) is 17.0. The summed E-state index contributed by atoms with van der Waals surface area (Å²) in [6, 6.07) is 15.6. The molecule has 0 aliphatic rings. The molecule has 0 saturated heterocycles. The Hall–Kier alpha value is -1.42. The predicted octanol–water partition coefficient (Wildman–Crippen LogP) is 3.25. The van der Waals surface area contributed by atoms with E-state index in [1.54, 1.807) is 0 Å². The van der Waals surface area contributed by atoms with Crippen LogP contribution in [0.15, 0.2) is 48.5 Å². The second-order valence-electron chi connectivity index (χ2n) is 6.47. The van der Waals surface area contributed by atoms with Crippen molar-refractivity contribution in [2.75, 3.05) is 0 Å². The highest BCUT2D eigenvalue weighted by Gasteiger charge is 2.39. The van der Waals surface area contributed by atoms with Gasteiger partial charge in [-0.05, 0) is 35.8 Å². The van der Waals surface area contributed by atoms with Gasteiger partial charge in [0.25, 0.3) is 0 Å². The minimum Gasteiger partial charge on any atom is -0.404 e. The van der Waals surface area contributed by atoms with E-state index in [-0.39, 0.29) is 0 Å². The lowest BCUT2D eigenvalue weighted by Gasteiger charge is -2.27. The molecule has 0 aliphatic heterocycles. The molecule has 0 heterocycles. The lowest BCUT2D eigenvalue weighted by atomic mass is 9.98. The number of benzene rings is 2. The topological polar surface area (TPSA) is 40.5 Å². The Balaban J connectivity index is 2.60. The standard InChI is InChI=1S/C20H28O2Si/c1-5-15(3)17-11-7-9-13-19(17)23(21,22)20-14-10-8-12-18(20)16(4)6-2/h7-16,21-22H,5-6H2,1-4H3.